The molecule has 0 spiro atoms. The molecule has 0 aliphatic heterocycles. The minimum atomic E-state index is -0.722. The van der Waals surface area contributed by atoms with E-state index in [0.29, 0.717) is 24.7 Å². The van der Waals surface area contributed by atoms with Gasteiger partial charge in [-0.25, -0.2) is 0 Å². The van der Waals surface area contributed by atoms with E-state index in [1.54, 1.807) is 0 Å². The van der Waals surface area contributed by atoms with Crippen LogP contribution >= 0.6 is 0 Å². The van der Waals surface area contributed by atoms with Gasteiger partial charge in [0, 0.05) is 12.8 Å². The van der Waals surface area contributed by atoms with E-state index in [9.17, 15) is 9.59 Å². The van der Waals surface area contributed by atoms with Crippen LogP contribution in [0.15, 0.2) is 0 Å². The lowest BCUT2D eigenvalue weighted by molar-refractivity contribution is -0.138. The predicted octanol–water partition coefficient (Wildman–Crippen LogP) is 7.70. The molecular weight excluding hydrogens is 364 g/mol. The average molecular weight is 413 g/mol. The highest BCUT2D eigenvalue weighted by Gasteiger charge is 2.34. The first-order valence-electron chi connectivity index (χ1n) is 12.3. The van der Waals surface area contributed by atoms with Crippen molar-refractivity contribution < 1.29 is 19.8 Å². The van der Waals surface area contributed by atoms with E-state index in [1.165, 1.54) is 38.5 Å². The molecule has 0 saturated heterocycles. The van der Waals surface area contributed by atoms with Crippen molar-refractivity contribution in [2.75, 3.05) is 0 Å². The molecule has 0 saturated carbocycles. The summed E-state index contributed by atoms with van der Waals surface area (Å²) in [6.45, 7) is 9.01. The molecule has 4 nitrogen and oxygen atoms in total. The molecule has 4 heteroatoms. The van der Waals surface area contributed by atoms with Crippen LogP contribution in [0.4, 0.5) is 0 Å². The van der Waals surface area contributed by atoms with Crippen molar-refractivity contribution in [1.29, 1.82) is 0 Å². The number of rotatable bonds is 20. The van der Waals surface area contributed by atoms with Crippen LogP contribution in [0.3, 0.4) is 0 Å². The number of hydrogen-bond acceptors (Lipinski definition) is 2. The van der Waals surface area contributed by atoms with Crippen molar-refractivity contribution in [3.05, 3.63) is 0 Å². The Morgan fingerprint density at radius 3 is 1.34 bits per heavy atom. The molecule has 0 aliphatic carbocycles. The van der Waals surface area contributed by atoms with E-state index in [1.807, 2.05) is 0 Å². The van der Waals surface area contributed by atoms with Crippen molar-refractivity contribution in [2.45, 2.75) is 130 Å². The summed E-state index contributed by atoms with van der Waals surface area (Å²) in [6, 6.07) is 0. The van der Waals surface area contributed by atoms with Crippen molar-refractivity contribution in [3.8, 4) is 0 Å². The molecule has 0 aromatic rings. The number of aliphatic carboxylic acids is 2. The van der Waals surface area contributed by atoms with Gasteiger partial charge >= 0.3 is 11.9 Å². The molecule has 2 atom stereocenters. The summed E-state index contributed by atoms with van der Waals surface area (Å²) < 4.78 is 0. The van der Waals surface area contributed by atoms with E-state index in [2.05, 4.69) is 27.7 Å². The fourth-order valence-corrected chi connectivity index (χ4v) is 4.96. The van der Waals surface area contributed by atoms with Crippen LogP contribution in [-0.4, -0.2) is 22.2 Å². The van der Waals surface area contributed by atoms with Gasteiger partial charge in [0.25, 0.3) is 0 Å². The van der Waals surface area contributed by atoms with Crippen LogP contribution in [0.25, 0.3) is 0 Å². The normalized spacial score (nSPS) is 13.9. The lowest BCUT2D eigenvalue weighted by Gasteiger charge is -2.40. The van der Waals surface area contributed by atoms with Crippen LogP contribution in [0, 0.1) is 17.3 Å². The van der Waals surface area contributed by atoms with Gasteiger partial charge in [-0.3, -0.25) is 9.59 Å². The zero-order chi connectivity index (χ0) is 22.1. The SMILES string of the molecule is CCCCC(CC)CC(CCCC(=O)O)(CCCC(=O)O)CC(CC)CCCC. The molecule has 0 aromatic carbocycles. The first kappa shape index (κ1) is 27.9. The molecular formula is C25H48O4. The van der Waals surface area contributed by atoms with E-state index >= 15 is 0 Å². The fourth-order valence-electron chi connectivity index (χ4n) is 4.96. The standard InChI is InChI=1S/C25H48O4/c1-5-9-13-21(7-3)19-25(17-11-15-23(26)27,18-12-16-24(28)29)20-22(8-4)14-10-6-2/h21-22H,5-20H2,1-4H3,(H,26,27)(H,28,29). The maximum Gasteiger partial charge on any atom is 0.303 e. The molecule has 0 rings (SSSR count). The minimum Gasteiger partial charge on any atom is -0.481 e. The number of carboxylic acids is 2. The Morgan fingerprint density at radius 1 is 0.690 bits per heavy atom. The van der Waals surface area contributed by atoms with Crippen LogP contribution in [-0.2, 0) is 9.59 Å². The number of carbonyl (C=O) groups is 2. The molecule has 0 radical (unpaired) electrons. The van der Waals surface area contributed by atoms with Crippen LogP contribution in [0.5, 0.6) is 0 Å². The first-order valence-corrected chi connectivity index (χ1v) is 12.3. The molecule has 0 bridgehead atoms. The monoisotopic (exact) mass is 412 g/mol. The lowest BCUT2D eigenvalue weighted by atomic mass is 9.65. The Balaban J connectivity index is 5.52. The zero-order valence-corrected chi connectivity index (χ0v) is 19.7. The molecule has 172 valence electrons. The Hall–Kier alpha value is -1.06. The fraction of sp³-hybridized carbons (Fsp3) is 0.920. The Bertz CT molecular complexity index is 393. The van der Waals surface area contributed by atoms with E-state index < -0.39 is 11.9 Å². The molecule has 0 fully saturated rings. The summed E-state index contributed by atoms with van der Waals surface area (Å²) in [4.78, 5) is 22.3. The van der Waals surface area contributed by atoms with Gasteiger partial charge in [0.1, 0.15) is 0 Å². The maximum atomic E-state index is 11.2. The van der Waals surface area contributed by atoms with Gasteiger partial charge in [-0.2, -0.15) is 0 Å². The molecule has 0 aliphatic rings. The van der Waals surface area contributed by atoms with Gasteiger partial charge in [-0.05, 0) is 55.8 Å². The number of hydrogen-bond donors (Lipinski definition) is 2. The van der Waals surface area contributed by atoms with Crippen molar-refractivity contribution in [2.24, 2.45) is 17.3 Å². The van der Waals surface area contributed by atoms with Gasteiger partial charge in [0.05, 0.1) is 0 Å². The summed E-state index contributed by atoms with van der Waals surface area (Å²) >= 11 is 0. The first-order chi connectivity index (χ1) is 13.8. The largest absolute Gasteiger partial charge is 0.481 e. The van der Waals surface area contributed by atoms with Gasteiger partial charge in [-0.1, -0.05) is 79.1 Å². The quantitative estimate of drug-likeness (QED) is 0.215. The topological polar surface area (TPSA) is 74.6 Å². The second-order valence-electron chi connectivity index (χ2n) is 9.24. The molecule has 29 heavy (non-hydrogen) atoms. The van der Waals surface area contributed by atoms with Gasteiger partial charge in [-0.15, -0.1) is 0 Å². The van der Waals surface area contributed by atoms with Crippen molar-refractivity contribution in [3.63, 3.8) is 0 Å². The Kier molecular flexibility index (Phi) is 16.1. The smallest absolute Gasteiger partial charge is 0.303 e. The zero-order valence-electron chi connectivity index (χ0n) is 19.7. The second kappa shape index (κ2) is 16.7. The summed E-state index contributed by atoms with van der Waals surface area (Å²) in [7, 11) is 0. The van der Waals surface area contributed by atoms with Crippen LogP contribution in [0.2, 0.25) is 0 Å². The molecule has 0 heterocycles. The van der Waals surface area contributed by atoms with Gasteiger partial charge in [0.15, 0.2) is 0 Å². The summed E-state index contributed by atoms with van der Waals surface area (Å²) in [5.41, 5.74) is 0.0910. The maximum absolute atomic E-state index is 11.2. The number of carboxylic acid groups (broad SMARTS) is 2. The summed E-state index contributed by atoms with van der Waals surface area (Å²) in [6.07, 6.45) is 15.6. The molecule has 2 unspecified atom stereocenters. The average Bonchev–Trinajstić information content (AvgIpc) is 2.67. The third kappa shape index (κ3) is 13.7. The Morgan fingerprint density at radius 2 is 1.07 bits per heavy atom. The van der Waals surface area contributed by atoms with E-state index in [-0.39, 0.29) is 18.3 Å². The van der Waals surface area contributed by atoms with Crippen molar-refractivity contribution in [1.82, 2.24) is 0 Å². The highest BCUT2D eigenvalue weighted by atomic mass is 16.4. The van der Waals surface area contributed by atoms with Crippen LogP contribution in [0.1, 0.15) is 130 Å². The predicted molar refractivity (Wildman–Crippen MR) is 121 cm³/mol. The van der Waals surface area contributed by atoms with Crippen LogP contribution < -0.4 is 0 Å². The third-order valence-corrected chi connectivity index (χ3v) is 6.73. The molecule has 0 amide bonds. The van der Waals surface area contributed by atoms with E-state index in [0.717, 1.165) is 38.5 Å². The molecule has 2 N–H and O–H groups in total. The van der Waals surface area contributed by atoms with E-state index in [4.69, 9.17) is 10.2 Å². The highest BCUT2D eigenvalue weighted by Crippen LogP contribution is 2.46. The summed E-state index contributed by atoms with van der Waals surface area (Å²) in [5.74, 6) is -0.123. The number of unbranched alkanes of at least 4 members (excludes halogenated alkanes) is 2. The highest BCUT2D eigenvalue weighted by molar-refractivity contribution is 5.66. The Labute approximate surface area is 179 Å². The summed E-state index contributed by atoms with van der Waals surface area (Å²) in [5, 5.41) is 18.3. The van der Waals surface area contributed by atoms with Crippen molar-refractivity contribution >= 4 is 11.9 Å². The molecule has 0 aromatic heterocycles. The minimum absolute atomic E-state index is 0.0910. The second-order valence-corrected chi connectivity index (χ2v) is 9.24. The third-order valence-electron chi connectivity index (χ3n) is 6.73. The van der Waals surface area contributed by atoms with Gasteiger partial charge < -0.3 is 10.2 Å². The van der Waals surface area contributed by atoms with Gasteiger partial charge in [0.2, 0.25) is 0 Å². The lowest BCUT2D eigenvalue weighted by Crippen LogP contribution is -2.28.